The molecule has 2 fully saturated rings. The highest BCUT2D eigenvalue weighted by molar-refractivity contribution is 7.09. The van der Waals surface area contributed by atoms with E-state index in [1.165, 1.54) is 5.56 Å². The zero-order valence-corrected chi connectivity index (χ0v) is 19.7. The predicted molar refractivity (Wildman–Crippen MR) is 126 cm³/mol. The van der Waals surface area contributed by atoms with E-state index in [9.17, 15) is 4.79 Å². The summed E-state index contributed by atoms with van der Waals surface area (Å²) >= 11 is 1.62. The Hall–Kier alpha value is -2.52. The number of likely N-dealkylation sites (tertiary alicyclic amines) is 2. The summed E-state index contributed by atoms with van der Waals surface area (Å²) in [7, 11) is 1.58. The molecule has 0 atom stereocenters. The third kappa shape index (κ3) is 5.45. The first-order valence-corrected chi connectivity index (χ1v) is 12.2. The number of piperidine rings is 2. The van der Waals surface area contributed by atoms with Crippen molar-refractivity contribution >= 4 is 28.8 Å². The summed E-state index contributed by atoms with van der Waals surface area (Å²) in [5.41, 5.74) is 8.78. The summed E-state index contributed by atoms with van der Waals surface area (Å²) in [6, 6.07) is 3.93. The van der Waals surface area contributed by atoms with E-state index < -0.39 is 0 Å². The van der Waals surface area contributed by atoms with Crippen molar-refractivity contribution in [2.24, 2.45) is 17.0 Å². The van der Waals surface area contributed by atoms with E-state index in [4.69, 9.17) is 10.6 Å². The van der Waals surface area contributed by atoms with Gasteiger partial charge in [0.25, 0.3) is 0 Å². The summed E-state index contributed by atoms with van der Waals surface area (Å²) in [4.78, 5) is 31.4. The summed E-state index contributed by atoms with van der Waals surface area (Å²) < 4.78 is 0. The topological polar surface area (TPSA) is 96.9 Å². The van der Waals surface area contributed by atoms with Gasteiger partial charge in [0.1, 0.15) is 18.6 Å². The molecular formula is C23H32N6O2S. The number of hydrogen-bond acceptors (Lipinski definition) is 8. The molecule has 0 unspecified atom stereocenters. The fourth-order valence-corrected chi connectivity index (χ4v) is 5.34. The van der Waals surface area contributed by atoms with Gasteiger partial charge in [0, 0.05) is 43.0 Å². The lowest BCUT2D eigenvalue weighted by Gasteiger charge is -2.37. The highest BCUT2D eigenvalue weighted by Crippen LogP contribution is 2.27. The van der Waals surface area contributed by atoms with E-state index in [2.05, 4.69) is 24.9 Å². The number of aromatic nitrogens is 2. The van der Waals surface area contributed by atoms with Crippen LogP contribution in [0, 0.1) is 18.8 Å². The molecule has 0 spiro atoms. The molecule has 0 saturated carbocycles. The van der Waals surface area contributed by atoms with E-state index in [1.807, 2.05) is 24.4 Å². The highest BCUT2D eigenvalue weighted by Gasteiger charge is 2.33. The fraction of sp³-hybridized carbons (Fsp3) is 0.565. The number of carbonyl (C=O) groups is 1. The molecule has 0 aliphatic carbocycles. The number of hydrogen-bond donors (Lipinski definition) is 1. The normalized spacial score (nSPS) is 19.3. The van der Waals surface area contributed by atoms with Crippen molar-refractivity contribution in [1.82, 2.24) is 19.8 Å². The standard InChI is InChI=1S/C23H32N6O2S/c1-16-26-20(15-32-16)22(27-31-2)18-6-11-29(12-7-18)23(30)19-4-9-28(10-5-19)14-17-3-8-25-21(24)13-17/h3,8,13,15,18-19H,4-7,9-12,14H2,1-2H3,(H2,24,25)/b27-22-. The first-order chi connectivity index (χ1) is 15.5. The smallest absolute Gasteiger partial charge is 0.225 e. The Balaban J connectivity index is 1.27. The third-order valence-electron chi connectivity index (χ3n) is 6.45. The Morgan fingerprint density at radius 2 is 1.94 bits per heavy atom. The van der Waals surface area contributed by atoms with E-state index >= 15 is 0 Å². The van der Waals surface area contributed by atoms with Gasteiger partial charge in [-0.3, -0.25) is 9.69 Å². The highest BCUT2D eigenvalue weighted by atomic mass is 32.1. The lowest BCUT2D eigenvalue weighted by Crippen LogP contribution is -2.46. The molecule has 32 heavy (non-hydrogen) atoms. The number of amides is 1. The van der Waals surface area contributed by atoms with Crippen LogP contribution in [0.2, 0.25) is 0 Å². The summed E-state index contributed by atoms with van der Waals surface area (Å²) in [6.45, 7) is 6.26. The number of thiazole rings is 1. The molecule has 172 valence electrons. The largest absolute Gasteiger partial charge is 0.399 e. The van der Waals surface area contributed by atoms with Crippen LogP contribution in [-0.4, -0.2) is 64.7 Å². The van der Waals surface area contributed by atoms with Crippen LogP contribution >= 0.6 is 11.3 Å². The summed E-state index contributed by atoms with van der Waals surface area (Å²) in [6.07, 6.45) is 5.37. The molecule has 0 aromatic carbocycles. The average Bonchev–Trinajstić information content (AvgIpc) is 3.23. The molecule has 4 heterocycles. The molecule has 0 radical (unpaired) electrons. The number of nitrogen functional groups attached to an aromatic ring is 1. The number of carbonyl (C=O) groups excluding carboxylic acids is 1. The van der Waals surface area contributed by atoms with Crippen LogP contribution in [0.4, 0.5) is 5.82 Å². The Labute approximate surface area is 193 Å². The van der Waals surface area contributed by atoms with E-state index in [0.717, 1.165) is 74.8 Å². The van der Waals surface area contributed by atoms with Crippen LogP contribution in [0.25, 0.3) is 0 Å². The van der Waals surface area contributed by atoms with Gasteiger partial charge in [-0.1, -0.05) is 5.16 Å². The van der Waals surface area contributed by atoms with Gasteiger partial charge in [-0.2, -0.15) is 0 Å². The second-order valence-electron chi connectivity index (χ2n) is 8.65. The molecule has 0 bridgehead atoms. The molecule has 4 rings (SSSR count). The van der Waals surface area contributed by atoms with Crippen LogP contribution in [0.15, 0.2) is 28.9 Å². The van der Waals surface area contributed by atoms with Crippen LogP contribution < -0.4 is 5.73 Å². The minimum atomic E-state index is 0.124. The zero-order valence-electron chi connectivity index (χ0n) is 18.9. The van der Waals surface area contributed by atoms with Crippen molar-refractivity contribution < 1.29 is 9.63 Å². The van der Waals surface area contributed by atoms with Crippen molar-refractivity contribution in [1.29, 1.82) is 0 Å². The average molecular weight is 457 g/mol. The quantitative estimate of drug-likeness (QED) is 0.530. The number of aryl methyl sites for hydroxylation is 1. The van der Waals surface area contributed by atoms with Crippen LogP contribution in [0.5, 0.6) is 0 Å². The number of anilines is 1. The van der Waals surface area contributed by atoms with Crippen molar-refractivity contribution in [2.75, 3.05) is 39.0 Å². The molecule has 2 aliphatic rings. The van der Waals surface area contributed by atoms with Gasteiger partial charge in [-0.25, -0.2) is 9.97 Å². The third-order valence-corrected chi connectivity index (χ3v) is 7.23. The maximum absolute atomic E-state index is 13.2. The number of rotatable bonds is 6. The number of nitrogens with zero attached hydrogens (tertiary/aromatic N) is 5. The molecular weight excluding hydrogens is 424 g/mol. The SMILES string of the molecule is CO/N=C(\c1csc(C)n1)C1CCN(C(=O)C2CCN(Cc3ccnc(N)c3)CC2)CC1. The minimum absolute atomic E-state index is 0.124. The van der Waals surface area contributed by atoms with Gasteiger partial charge in [-0.05, 0) is 63.4 Å². The van der Waals surface area contributed by atoms with Gasteiger partial charge in [-0.15, -0.1) is 11.3 Å². The predicted octanol–water partition coefficient (Wildman–Crippen LogP) is 2.93. The molecule has 2 saturated heterocycles. The van der Waals surface area contributed by atoms with Gasteiger partial charge in [0.05, 0.1) is 10.7 Å². The van der Waals surface area contributed by atoms with Crippen molar-refractivity contribution in [2.45, 2.75) is 39.2 Å². The molecule has 2 N–H and O–H groups in total. The molecule has 1 amide bonds. The molecule has 8 nitrogen and oxygen atoms in total. The van der Waals surface area contributed by atoms with E-state index in [-0.39, 0.29) is 11.8 Å². The van der Waals surface area contributed by atoms with E-state index in [0.29, 0.717) is 11.7 Å². The van der Waals surface area contributed by atoms with Gasteiger partial charge in [0.2, 0.25) is 5.91 Å². The molecule has 2 aromatic rings. The van der Waals surface area contributed by atoms with Crippen LogP contribution in [0.1, 0.15) is 41.9 Å². The van der Waals surface area contributed by atoms with Crippen molar-refractivity contribution in [3.63, 3.8) is 0 Å². The maximum atomic E-state index is 13.2. The second kappa shape index (κ2) is 10.4. The van der Waals surface area contributed by atoms with E-state index in [1.54, 1.807) is 24.6 Å². The fourth-order valence-electron chi connectivity index (χ4n) is 4.73. The molecule has 2 aliphatic heterocycles. The first kappa shape index (κ1) is 22.7. The number of nitrogens with two attached hydrogens (primary N) is 1. The second-order valence-corrected chi connectivity index (χ2v) is 9.71. The monoisotopic (exact) mass is 456 g/mol. The Bertz CT molecular complexity index is 945. The Morgan fingerprint density at radius 3 is 2.56 bits per heavy atom. The van der Waals surface area contributed by atoms with Crippen LogP contribution in [0.3, 0.4) is 0 Å². The van der Waals surface area contributed by atoms with Crippen molar-refractivity contribution in [3.8, 4) is 0 Å². The Morgan fingerprint density at radius 1 is 1.22 bits per heavy atom. The van der Waals surface area contributed by atoms with Gasteiger partial charge >= 0.3 is 0 Å². The van der Waals surface area contributed by atoms with Crippen LogP contribution in [-0.2, 0) is 16.2 Å². The maximum Gasteiger partial charge on any atom is 0.225 e. The zero-order chi connectivity index (χ0) is 22.5. The minimum Gasteiger partial charge on any atom is -0.399 e. The lowest BCUT2D eigenvalue weighted by molar-refractivity contribution is -0.138. The lowest BCUT2D eigenvalue weighted by atomic mass is 9.88. The molecule has 9 heteroatoms. The summed E-state index contributed by atoms with van der Waals surface area (Å²) in [5, 5.41) is 7.34. The first-order valence-electron chi connectivity index (χ1n) is 11.3. The number of oxime groups is 1. The van der Waals surface area contributed by atoms with Gasteiger partial charge in [0.15, 0.2) is 0 Å². The molecule has 2 aromatic heterocycles. The number of pyridine rings is 1. The Kier molecular flexibility index (Phi) is 7.36. The summed E-state index contributed by atoms with van der Waals surface area (Å²) in [5.74, 6) is 1.26. The van der Waals surface area contributed by atoms with Crippen molar-refractivity contribution in [3.05, 3.63) is 40.0 Å². The van der Waals surface area contributed by atoms with Gasteiger partial charge < -0.3 is 15.5 Å².